The quantitative estimate of drug-likeness (QED) is 0.639. The highest BCUT2D eigenvalue weighted by atomic mass is 16.5. The lowest BCUT2D eigenvalue weighted by molar-refractivity contribution is 0.188. The van der Waals surface area contributed by atoms with E-state index in [1.807, 2.05) is 24.4 Å². The first-order chi connectivity index (χ1) is 17.6. The van der Waals surface area contributed by atoms with Crippen molar-refractivity contribution in [2.45, 2.75) is 24.4 Å². The van der Waals surface area contributed by atoms with Gasteiger partial charge in [0.05, 0.1) is 32.0 Å². The van der Waals surface area contributed by atoms with Gasteiger partial charge in [-0.25, -0.2) is 0 Å². The smallest absolute Gasteiger partial charge is 0.119 e. The lowest BCUT2D eigenvalue weighted by Gasteiger charge is -2.36. The Labute approximate surface area is 212 Å². The molecule has 0 bridgehead atoms. The molecule has 36 heavy (non-hydrogen) atoms. The van der Waals surface area contributed by atoms with Crippen molar-refractivity contribution in [3.63, 3.8) is 0 Å². The number of methoxy groups -OCH3 is 2. The average molecular weight is 484 g/mol. The van der Waals surface area contributed by atoms with Crippen LogP contribution in [0.2, 0.25) is 0 Å². The lowest BCUT2D eigenvalue weighted by atomic mass is 9.86. The molecule has 1 fully saturated rings. The second-order valence-electron chi connectivity index (χ2n) is 9.84. The van der Waals surface area contributed by atoms with Crippen molar-refractivity contribution < 1.29 is 9.47 Å². The Bertz CT molecular complexity index is 1290. The van der Waals surface area contributed by atoms with Gasteiger partial charge in [-0.05, 0) is 49.9 Å². The van der Waals surface area contributed by atoms with Gasteiger partial charge in [0.1, 0.15) is 17.2 Å². The predicted octanol–water partition coefficient (Wildman–Crippen LogP) is 4.18. The Kier molecular flexibility index (Phi) is 6.01. The van der Waals surface area contributed by atoms with Gasteiger partial charge < -0.3 is 19.3 Å². The Morgan fingerprint density at radius 2 is 1.86 bits per heavy atom. The fourth-order valence-corrected chi connectivity index (χ4v) is 5.58. The zero-order valence-corrected chi connectivity index (χ0v) is 21.2. The summed E-state index contributed by atoms with van der Waals surface area (Å²) in [7, 11) is 5.61. The Morgan fingerprint density at radius 1 is 1.00 bits per heavy atom. The minimum atomic E-state index is 0.0465. The van der Waals surface area contributed by atoms with Gasteiger partial charge in [-0.1, -0.05) is 24.3 Å². The van der Waals surface area contributed by atoms with Gasteiger partial charge in [-0.2, -0.15) is 5.10 Å². The minimum absolute atomic E-state index is 0.0465. The van der Waals surface area contributed by atoms with E-state index in [0.29, 0.717) is 0 Å². The van der Waals surface area contributed by atoms with E-state index in [9.17, 15) is 0 Å². The van der Waals surface area contributed by atoms with Crippen molar-refractivity contribution in [1.29, 1.82) is 0 Å². The largest absolute Gasteiger partial charge is 0.497 e. The number of piperazine rings is 1. The molecule has 1 aromatic carbocycles. The molecule has 4 aliphatic rings. The first-order valence-electron chi connectivity index (χ1n) is 12.7. The second kappa shape index (κ2) is 9.47. The van der Waals surface area contributed by atoms with E-state index < -0.39 is 0 Å². The maximum Gasteiger partial charge on any atom is 0.119 e. The zero-order chi connectivity index (χ0) is 24.6. The highest BCUT2D eigenvalue weighted by Crippen LogP contribution is 2.41. The molecule has 0 N–H and O–H groups in total. The van der Waals surface area contributed by atoms with Gasteiger partial charge in [0, 0.05) is 55.1 Å². The molecule has 7 heteroatoms. The van der Waals surface area contributed by atoms with Crippen LogP contribution in [-0.2, 0) is 4.74 Å². The van der Waals surface area contributed by atoms with E-state index >= 15 is 0 Å². The molecule has 0 amide bonds. The fraction of sp³-hybridized carbons (Fsp3) is 0.379. The number of ether oxygens (including phenoxy) is 2. The van der Waals surface area contributed by atoms with Crippen LogP contribution in [0.25, 0.3) is 11.3 Å². The Balaban J connectivity index is 1.46. The van der Waals surface area contributed by atoms with Crippen LogP contribution in [0.4, 0.5) is 0 Å². The number of hydrogen-bond acceptors (Lipinski definition) is 6. The number of likely N-dealkylation sites (N-methyl/N-ethyl adjacent to an activating group) is 1. The summed E-state index contributed by atoms with van der Waals surface area (Å²) in [5.41, 5.74) is 5.55. The van der Waals surface area contributed by atoms with E-state index in [1.165, 1.54) is 11.4 Å². The summed E-state index contributed by atoms with van der Waals surface area (Å²) in [6, 6.07) is 8.31. The summed E-state index contributed by atoms with van der Waals surface area (Å²) in [4.78, 5) is 9.79. The molecule has 1 saturated heterocycles. The molecule has 0 radical (unpaired) electrons. The third-order valence-electron chi connectivity index (χ3n) is 7.64. The standard InChI is InChI=1S/C29H33N5O2/c1-32-12-14-33(15-13-32)21-7-5-8-22(17-21)34-29-25-18-24(36-3)10-11-27(25)30-19-26(29)28(31-34)20-6-4-9-23(16-20)35-2/h4-7,9-11,16-19,22,25,27H,8,12-15H2,1-3H3. The third kappa shape index (κ3) is 4.07. The first-order valence-corrected chi connectivity index (χ1v) is 12.7. The molecule has 0 spiro atoms. The van der Waals surface area contributed by atoms with Crippen LogP contribution in [0.15, 0.2) is 77.2 Å². The van der Waals surface area contributed by atoms with Gasteiger partial charge in [0.25, 0.3) is 0 Å². The molecule has 0 saturated carbocycles. The van der Waals surface area contributed by atoms with Gasteiger partial charge in [0.15, 0.2) is 0 Å². The monoisotopic (exact) mass is 483 g/mol. The highest BCUT2D eigenvalue weighted by molar-refractivity contribution is 5.92. The molecule has 2 aromatic rings. The van der Waals surface area contributed by atoms with E-state index in [-0.39, 0.29) is 18.0 Å². The first kappa shape index (κ1) is 22.9. The number of hydrogen-bond donors (Lipinski definition) is 0. The minimum Gasteiger partial charge on any atom is -0.497 e. The normalized spacial score (nSPS) is 25.2. The average Bonchev–Trinajstić information content (AvgIpc) is 3.33. The molecule has 2 aliphatic carbocycles. The maximum absolute atomic E-state index is 5.61. The Morgan fingerprint density at radius 3 is 2.67 bits per heavy atom. The molecule has 3 heterocycles. The number of benzene rings is 1. The van der Waals surface area contributed by atoms with E-state index in [4.69, 9.17) is 19.6 Å². The summed E-state index contributed by atoms with van der Waals surface area (Å²) in [6.45, 7) is 4.27. The van der Waals surface area contributed by atoms with Crippen molar-refractivity contribution in [2.24, 2.45) is 4.99 Å². The SMILES string of the molecule is COC1=CC2c3c(c(-c4cccc(OC)c4)nn3C3C=C(N4CCN(C)CC4)C=CC3)C=NC2C=C1. The molecule has 1 aromatic heterocycles. The van der Waals surface area contributed by atoms with Crippen LogP contribution in [0.5, 0.6) is 5.75 Å². The van der Waals surface area contributed by atoms with Gasteiger partial charge in [-0.3, -0.25) is 9.67 Å². The predicted molar refractivity (Wildman–Crippen MR) is 143 cm³/mol. The summed E-state index contributed by atoms with van der Waals surface area (Å²) < 4.78 is 13.4. The van der Waals surface area contributed by atoms with Gasteiger partial charge in [0.2, 0.25) is 0 Å². The number of fused-ring (bicyclic) bond motifs is 3. The van der Waals surface area contributed by atoms with E-state index in [1.54, 1.807) is 14.2 Å². The molecule has 186 valence electrons. The van der Waals surface area contributed by atoms with Crippen molar-refractivity contribution in [2.75, 3.05) is 47.4 Å². The van der Waals surface area contributed by atoms with Crippen LogP contribution < -0.4 is 4.74 Å². The van der Waals surface area contributed by atoms with E-state index in [2.05, 4.69) is 64.0 Å². The van der Waals surface area contributed by atoms with Crippen molar-refractivity contribution in [3.8, 4) is 17.0 Å². The fourth-order valence-electron chi connectivity index (χ4n) is 5.58. The Hall–Kier alpha value is -3.58. The zero-order valence-electron chi connectivity index (χ0n) is 21.2. The molecular weight excluding hydrogens is 450 g/mol. The highest BCUT2D eigenvalue weighted by Gasteiger charge is 2.35. The third-order valence-corrected chi connectivity index (χ3v) is 7.64. The molecule has 6 rings (SSSR count). The number of rotatable bonds is 5. The maximum atomic E-state index is 5.61. The number of allylic oxidation sites excluding steroid dienone is 4. The summed E-state index contributed by atoms with van der Waals surface area (Å²) in [5, 5.41) is 5.27. The number of aliphatic imine (C=N–C) groups is 1. The van der Waals surface area contributed by atoms with Crippen LogP contribution in [-0.4, -0.2) is 79.3 Å². The van der Waals surface area contributed by atoms with Gasteiger partial charge >= 0.3 is 0 Å². The van der Waals surface area contributed by atoms with Crippen molar-refractivity contribution in [1.82, 2.24) is 19.6 Å². The summed E-state index contributed by atoms with van der Waals surface area (Å²) in [6.07, 6.45) is 16.2. The van der Waals surface area contributed by atoms with Crippen molar-refractivity contribution in [3.05, 3.63) is 83.4 Å². The second-order valence-corrected chi connectivity index (χ2v) is 9.84. The van der Waals surface area contributed by atoms with Gasteiger partial charge in [-0.15, -0.1) is 0 Å². The molecule has 2 aliphatic heterocycles. The molecule has 3 atom stereocenters. The molecule has 3 unspecified atom stereocenters. The number of aromatic nitrogens is 2. The van der Waals surface area contributed by atoms with Crippen LogP contribution in [0, 0.1) is 0 Å². The van der Waals surface area contributed by atoms with Crippen LogP contribution in [0.3, 0.4) is 0 Å². The summed E-state index contributed by atoms with van der Waals surface area (Å²) >= 11 is 0. The van der Waals surface area contributed by atoms with Crippen LogP contribution >= 0.6 is 0 Å². The molecular formula is C29H33N5O2. The topological polar surface area (TPSA) is 55.1 Å². The summed E-state index contributed by atoms with van der Waals surface area (Å²) in [5.74, 6) is 1.76. The number of nitrogens with zero attached hydrogens (tertiary/aromatic N) is 5. The van der Waals surface area contributed by atoms with E-state index in [0.717, 1.165) is 60.9 Å². The van der Waals surface area contributed by atoms with Crippen LogP contribution in [0.1, 0.15) is 29.6 Å². The lowest BCUT2D eigenvalue weighted by Crippen LogP contribution is -2.43. The molecule has 7 nitrogen and oxygen atoms in total. The van der Waals surface area contributed by atoms with Crippen molar-refractivity contribution >= 4 is 6.21 Å².